The molecule has 128 valence electrons. The summed E-state index contributed by atoms with van der Waals surface area (Å²) in [5.74, 6) is -0.566. The number of anilines is 1. The first-order valence-electron chi connectivity index (χ1n) is 6.78. The number of amides is 1. The number of carbonyl (C=O) groups excluding carboxylic acids is 2. The number of oxime groups is 1. The Labute approximate surface area is 141 Å². The van der Waals surface area contributed by atoms with E-state index in [9.17, 15) is 9.59 Å². The summed E-state index contributed by atoms with van der Waals surface area (Å²) in [4.78, 5) is 32.9. The second-order valence-electron chi connectivity index (χ2n) is 5.44. The fourth-order valence-corrected chi connectivity index (χ4v) is 2.22. The number of hydrogen-bond acceptors (Lipinski definition) is 9. The van der Waals surface area contributed by atoms with Crippen molar-refractivity contribution in [1.82, 2.24) is 20.0 Å². The van der Waals surface area contributed by atoms with Gasteiger partial charge in [0.05, 0.1) is 12.4 Å². The summed E-state index contributed by atoms with van der Waals surface area (Å²) >= 11 is 1.12. The van der Waals surface area contributed by atoms with Gasteiger partial charge in [0.2, 0.25) is 0 Å². The first-order chi connectivity index (χ1) is 11.3. The average Bonchev–Trinajstić information content (AvgIpc) is 3.13. The molecule has 0 aliphatic heterocycles. The molecule has 0 aliphatic rings. The predicted octanol–water partition coefficient (Wildman–Crippen LogP) is 1.77. The number of hydrogen-bond donors (Lipinski definition) is 1. The van der Waals surface area contributed by atoms with Crippen LogP contribution in [0.4, 0.5) is 9.93 Å². The fourth-order valence-electron chi connectivity index (χ4n) is 1.54. The van der Waals surface area contributed by atoms with Crippen LogP contribution >= 0.6 is 11.3 Å². The van der Waals surface area contributed by atoms with Crippen LogP contribution in [0, 0.1) is 0 Å². The molecule has 2 heterocycles. The van der Waals surface area contributed by atoms with Gasteiger partial charge in [-0.05, 0) is 20.8 Å². The molecule has 1 N–H and O–H groups in total. The zero-order chi connectivity index (χ0) is 17.7. The molecule has 0 aromatic carbocycles. The largest absolute Gasteiger partial charge is 0.444 e. The van der Waals surface area contributed by atoms with Gasteiger partial charge in [-0.15, -0.1) is 16.4 Å². The Balaban J connectivity index is 2.16. The molecule has 0 saturated heterocycles. The molecular weight excluding hydrogens is 336 g/mol. The number of ether oxygens (including phenoxy) is 1. The van der Waals surface area contributed by atoms with Crippen molar-refractivity contribution in [2.45, 2.75) is 26.4 Å². The first kappa shape index (κ1) is 17.5. The smallest absolute Gasteiger partial charge is 0.413 e. The van der Waals surface area contributed by atoms with Gasteiger partial charge in [0.15, 0.2) is 10.8 Å². The van der Waals surface area contributed by atoms with E-state index in [2.05, 4.69) is 25.8 Å². The number of aromatic nitrogens is 4. The van der Waals surface area contributed by atoms with E-state index in [1.807, 2.05) is 0 Å². The van der Waals surface area contributed by atoms with E-state index in [0.717, 1.165) is 16.0 Å². The molecule has 2 rings (SSSR count). The molecule has 0 aliphatic carbocycles. The first-order valence-corrected chi connectivity index (χ1v) is 7.66. The molecule has 10 nitrogen and oxygen atoms in total. The standard InChI is InChI=1S/C13H16N6O4S/c1-13(2,3)23-12(21)16-11-15-8(7-24-11)9(17-22-4)10(20)19-6-5-14-18-19/h5-7H,1-4H3,(H,15,16,21). The zero-order valence-corrected chi connectivity index (χ0v) is 14.3. The third kappa shape index (κ3) is 4.59. The van der Waals surface area contributed by atoms with Crippen LogP contribution in [0.15, 0.2) is 22.9 Å². The zero-order valence-electron chi connectivity index (χ0n) is 13.5. The Morgan fingerprint density at radius 3 is 2.71 bits per heavy atom. The molecule has 11 heteroatoms. The Morgan fingerprint density at radius 2 is 2.12 bits per heavy atom. The molecule has 1 amide bonds. The minimum atomic E-state index is -0.642. The van der Waals surface area contributed by atoms with Gasteiger partial charge < -0.3 is 9.57 Å². The summed E-state index contributed by atoms with van der Waals surface area (Å²) < 4.78 is 6.14. The fraction of sp³-hybridized carbons (Fsp3) is 0.385. The number of nitrogens with zero attached hydrogens (tertiary/aromatic N) is 5. The Bertz CT molecular complexity index is 747. The van der Waals surface area contributed by atoms with Crippen molar-refractivity contribution in [3.05, 3.63) is 23.5 Å². The second-order valence-corrected chi connectivity index (χ2v) is 6.30. The molecule has 0 atom stereocenters. The molecule has 2 aromatic heterocycles. The van der Waals surface area contributed by atoms with Gasteiger partial charge >= 0.3 is 12.0 Å². The third-order valence-electron chi connectivity index (χ3n) is 2.37. The van der Waals surface area contributed by atoms with Gasteiger partial charge in [0, 0.05) is 5.38 Å². The van der Waals surface area contributed by atoms with Crippen LogP contribution in [0.1, 0.15) is 31.3 Å². The maximum absolute atomic E-state index is 12.3. The van der Waals surface area contributed by atoms with E-state index in [4.69, 9.17) is 9.57 Å². The van der Waals surface area contributed by atoms with Crippen LogP contribution in [-0.2, 0) is 9.57 Å². The summed E-state index contributed by atoms with van der Waals surface area (Å²) in [6.45, 7) is 5.25. The van der Waals surface area contributed by atoms with E-state index in [1.165, 1.54) is 19.5 Å². The third-order valence-corrected chi connectivity index (χ3v) is 3.13. The number of nitrogens with one attached hydrogen (secondary N) is 1. The van der Waals surface area contributed by atoms with Gasteiger partial charge in [0.1, 0.15) is 18.4 Å². The van der Waals surface area contributed by atoms with Crippen molar-refractivity contribution in [2.75, 3.05) is 12.4 Å². The molecular formula is C13H16N6O4S. The number of carbonyl (C=O) groups is 2. The molecule has 0 bridgehead atoms. The van der Waals surface area contributed by atoms with E-state index in [-0.39, 0.29) is 16.5 Å². The molecule has 0 radical (unpaired) electrons. The molecule has 24 heavy (non-hydrogen) atoms. The van der Waals surface area contributed by atoms with Crippen LogP contribution in [-0.4, -0.2) is 50.4 Å². The Morgan fingerprint density at radius 1 is 1.38 bits per heavy atom. The van der Waals surface area contributed by atoms with E-state index >= 15 is 0 Å². The monoisotopic (exact) mass is 352 g/mol. The van der Waals surface area contributed by atoms with Crippen LogP contribution in [0.5, 0.6) is 0 Å². The van der Waals surface area contributed by atoms with Crippen molar-refractivity contribution in [3.8, 4) is 0 Å². The summed E-state index contributed by atoms with van der Waals surface area (Å²) in [5, 5.41) is 15.2. The highest BCUT2D eigenvalue weighted by Gasteiger charge is 2.22. The summed E-state index contributed by atoms with van der Waals surface area (Å²) in [7, 11) is 1.31. The van der Waals surface area contributed by atoms with Crippen LogP contribution in [0.3, 0.4) is 0 Å². The van der Waals surface area contributed by atoms with Crippen molar-refractivity contribution in [2.24, 2.45) is 5.16 Å². The highest BCUT2D eigenvalue weighted by Crippen LogP contribution is 2.18. The van der Waals surface area contributed by atoms with Crippen LogP contribution in [0.2, 0.25) is 0 Å². The Kier molecular flexibility index (Phi) is 5.24. The van der Waals surface area contributed by atoms with Crippen molar-refractivity contribution >= 4 is 34.2 Å². The van der Waals surface area contributed by atoms with Crippen molar-refractivity contribution in [3.63, 3.8) is 0 Å². The van der Waals surface area contributed by atoms with Gasteiger partial charge in [0.25, 0.3) is 0 Å². The van der Waals surface area contributed by atoms with Crippen molar-refractivity contribution in [1.29, 1.82) is 0 Å². The number of rotatable bonds is 4. The lowest BCUT2D eigenvalue weighted by Gasteiger charge is -2.18. The summed E-state index contributed by atoms with van der Waals surface area (Å²) in [5.41, 5.74) is -0.472. The van der Waals surface area contributed by atoms with Crippen LogP contribution < -0.4 is 5.32 Å². The predicted molar refractivity (Wildman–Crippen MR) is 86.2 cm³/mol. The molecule has 2 aromatic rings. The minimum absolute atomic E-state index is 0.0727. The average molecular weight is 352 g/mol. The van der Waals surface area contributed by atoms with Gasteiger partial charge in [-0.3, -0.25) is 10.1 Å². The van der Waals surface area contributed by atoms with E-state index in [0.29, 0.717) is 0 Å². The molecule has 0 spiro atoms. The lowest BCUT2D eigenvalue weighted by atomic mass is 10.2. The normalized spacial score (nSPS) is 11.9. The number of thiazole rings is 1. The maximum atomic E-state index is 12.3. The van der Waals surface area contributed by atoms with Gasteiger partial charge in [-0.25, -0.2) is 9.78 Å². The maximum Gasteiger partial charge on any atom is 0.413 e. The summed E-state index contributed by atoms with van der Waals surface area (Å²) in [6, 6.07) is 0. The van der Waals surface area contributed by atoms with Crippen LogP contribution in [0.25, 0.3) is 0 Å². The van der Waals surface area contributed by atoms with Gasteiger partial charge in [-0.1, -0.05) is 10.4 Å². The SMILES string of the molecule is CON=C(C(=O)n1ccnn1)c1csc(NC(=O)OC(C)(C)C)n1. The molecule has 0 unspecified atom stereocenters. The molecule has 0 saturated carbocycles. The minimum Gasteiger partial charge on any atom is -0.444 e. The lowest BCUT2D eigenvalue weighted by molar-refractivity contribution is 0.0635. The van der Waals surface area contributed by atoms with E-state index < -0.39 is 17.6 Å². The highest BCUT2D eigenvalue weighted by molar-refractivity contribution is 7.14. The topological polar surface area (TPSA) is 121 Å². The lowest BCUT2D eigenvalue weighted by Crippen LogP contribution is -2.27. The van der Waals surface area contributed by atoms with Gasteiger partial charge in [-0.2, -0.15) is 4.68 Å². The quantitative estimate of drug-likeness (QED) is 0.657. The summed E-state index contributed by atoms with van der Waals surface area (Å²) in [6.07, 6.45) is 2.09. The van der Waals surface area contributed by atoms with E-state index in [1.54, 1.807) is 26.2 Å². The van der Waals surface area contributed by atoms with Crippen molar-refractivity contribution < 1.29 is 19.2 Å². The Hall–Kier alpha value is -2.82. The molecule has 0 fully saturated rings. The second kappa shape index (κ2) is 7.17. The highest BCUT2D eigenvalue weighted by atomic mass is 32.1.